The number of aromatic nitrogens is 4. The minimum Gasteiger partial charge on any atom is -0.507 e. The Hall–Kier alpha value is -4.23. The molecule has 0 aliphatic heterocycles. The highest BCUT2D eigenvalue weighted by molar-refractivity contribution is 7.92. The van der Waals surface area contributed by atoms with E-state index in [2.05, 4.69) is 25.0 Å². The molecule has 0 saturated carbocycles. The zero-order valence-electron chi connectivity index (χ0n) is 18.6. The van der Waals surface area contributed by atoms with E-state index < -0.39 is 21.2 Å². The summed E-state index contributed by atoms with van der Waals surface area (Å²) in [6.07, 6.45) is 0. The summed E-state index contributed by atoms with van der Waals surface area (Å²) in [4.78, 5) is 3.68. The molecule has 12 nitrogen and oxygen atoms in total. The minimum absolute atomic E-state index is 0.0127. The first-order chi connectivity index (χ1) is 15.4. The molecule has 2 heterocycles. The van der Waals surface area contributed by atoms with Crippen LogP contribution in [0.1, 0.15) is 37.9 Å². The first-order valence-electron chi connectivity index (χ1n) is 9.57. The number of hydrogen-bond donors (Lipinski definition) is 2. The van der Waals surface area contributed by atoms with E-state index in [-0.39, 0.29) is 33.7 Å². The quantitative estimate of drug-likeness (QED) is 0.542. The third kappa shape index (κ3) is 4.40. The molecule has 170 valence electrons. The molecule has 2 aromatic heterocycles. The van der Waals surface area contributed by atoms with Crippen molar-refractivity contribution in [2.45, 2.75) is 31.1 Å². The number of benzene rings is 1. The summed E-state index contributed by atoms with van der Waals surface area (Å²) >= 11 is 0. The number of nitriles is 2. The number of aromatic hydroxyl groups is 1. The highest BCUT2D eigenvalue weighted by Crippen LogP contribution is 2.39. The Balaban J connectivity index is 2.15. The first kappa shape index (κ1) is 23.4. The van der Waals surface area contributed by atoms with Gasteiger partial charge in [-0.05, 0) is 12.1 Å². The van der Waals surface area contributed by atoms with Crippen LogP contribution in [0.4, 0.5) is 17.5 Å². The van der Waals surface area contributed by atoms with Gasteiger partial charge in [0.1, 0.15) is 22.8 Å². The topological polar surface area (TPSA) is 174 Å². The van der Waals surface area contributed by atoms with Gasteiger partial charge in [-0.2, -0.15) is 20.6 Å². The van der Waals surface area contributed by atoms with Crippen molar-refractivity contribution in [3.8, 4) is 17.9 Å². The molecular formula is C20H21N9O3S. The van der Waals surface area contributed by atoms with Crippen molar-refractivity contribution >= 4 is 27.5 Å². The number of nitrogens with zero attached hydrogens (tertiary/aromatic N) is 8. The van der Waals surface area contributed by atoms with Crippen LogP contribution in [-0.2, 0) is 29.5 Å². The average Bonchev–Trinajstić information content (AvgIpc) is 3.22. The SMILES string of the molecule is Cn1nc(C(C)(C)C)c(N=Nc2nc(C#N)c(C#N)n2C)c1NS(=O)(=O)c1ccccc1O. The number of hydrogen-bond acceptors (Lipinski definition) is 9. The molecule has 3 aromatic rings. The van der Waals surface area contributed by atoms with E-state index in [0.29, 0.717) is 5.69 Å². The van der Waals surface area contributed by atoms with E-state index >= 15 is 0 Å². The number of azo groups is 1. The van der Waals surface area contributed by atoms with Gasteiger partial charge in [0.15, 0.2) is 22.9 Å². The Morgan fingerprint density at radius 3 is 2.33 bits per heavy atom. The molecule has 0 amide bonds. The summed E-state index contributed by atoms with van der Waals surface area (Å²) in [5, 5.41) is 41.1. The molecule has 3 rings (SSSR count). The molecule has 0 atom stereocenters. The van der Waals surface area contributed by atoms with Crippen molar-refractivity contribution in [2.75, 3.05) is 4.72 Å². The van der Waals surface area contributed by atoms with Crippen LogP contribution in [0.2, 0.25) is 0 Å². The molecule has 0 aliphatic rings. The number of nitrogens with one attached hydrogen (secondary N) is 1. The standard InChI is InChI=1S/C20H21N9O3S/c1-20(2,3)17-16(24-25-19-23-12(10-21)13(11-22)28(19)4)18(29(5)26-17)27-33(31,32)15-9-7-6-8-14(15)30/h6-9,27,30H,1-5H3. The molecule has 1 aromatic carbocycles. The molecule has 0 fully saturated rings. The molecule has 0 saturated heterocycles. The molecule has 0 bridgehead atoms. The predicted molar refractivity (Wildman–Crippen MR) is 118 cm³/mol. The molecule has 33 heavy (non-hydrogen) atoms. The highest BCUT2D eigenvalue weighted by Gasteiger charge is 2.30. The van der Waals surface area contributed by atoms with Crippen LogP contribution in [0.25, 0.3) is 0 Å². The lowest BCUT2D eigenvalue weighted by molar-refractivity contribution is 0.459. The number of aryl methyl sites for hydroxylation is 1. The molecule has 13 heteroatoms. The number of para-hydroxylation sites is 1. The lowest BCUT2D eigenvalue weighted by atomic mass is 9.91. The number of rotatable bonds is 5. The highest BCUT2D eigenvalue weighted by atomic mass is 32.2. The maximum Gasteiger partial charge on any atom is 0.266 e. The average molecular weight is 468 g/mol. The molecular weight excluding hydrogens is 446 g/mol. The fraction of sp³-hybridized carbons (Fsp3) is 0.300. The van der Waals surface area contributed by atoms with Crippen molar-refractivity contribution in [3.63, 3.8) is 0 Å². The van der Waals surface area contributed by atoms with Gasteiger partial charge in [-0.3, -0.25) is 4.72 Å². The number of anilines is 1. The molecule has 0 radical (unpaired) electrons. The third-order valence-corrected chi connectivity index (χ3v) is 6.03. The zero-order chi connectivity index (χ0) is 24.6. The third-order valence-electron chi connectivity index (χ3n) is 4.64. The summed E-state index contributed by atoms with van der Waals surface area (Å²) in [5.41, 5.74) is -0.0455. The molecule has 0 spiro atoms. The van der Waals surface area contributed by atoms with Gasteiger partial charge in [0.25, 0.3) is 16.0 Å². The van der Waals surface area contributed by atoms with Crippen LogP contribution in [0.15, 0.2) is 39.4 Å². The fourth-order valence-electron chi connectivity index (χ4n) is 2.97. The first-order valence-corrected chi connectivity index (χ1v) is 11.1. The zero-order valence-corrected chi connectivity index (χ0v) is 19.4. The van der Waals surface area contributed by atoms with Crippen molar-refractivity contribution < 1.29 is 13.5 Å². The maximum absolute atomic E-state index is 13.0. The van der Waals surface area contributed by atoms with E-state index in [4.69, 9.17) is 5.26 Å². The lowest BCUT2D eigenvalue weighted by Crippen LogP contribution is -2.15. The molecule has 0 unspecified atom stereocenters. The second-order valence-electron chi connectivity index (χ2n) is 8.08. The van der Waals surface area contributed by atoms with Crippen molar-refractivity contribution in [1.82, 2.24) is 19.3 Å². The van der Waals surface area contributed by atoms with Crippen LogP contribution >= 0.6 is 0 Å². The van der Waals surface area contributed by atoms with Crippen molar-refractivity contribution in [2.24, 2.45) is 24.3 Å². The summed E-state index contributed by atoms with van der Waals surface area (Å²) < 4.78 is 31.0. The van der Waals surface area contributed by atoms with E-state index in [0.717, 1.165) is 0 Å². The Labute approximate surface area is 190 Å². The monoisotopic (exact) mass is 467 g/mol. The van der Waals surface area contributed by atoms with Gasteiger partial charge >= 0.3 is 0 Å². The van der Waals surface area contributed by atoms with E-state index in [9.17, 15) is 18.8 Å². The summed E-state index contributed by atoms with van der Waals surface area (Å²) in [5.74, 6) is -0.407. The summed E-state index contributed by atoms with van der Waals surface area (Å²) in [7, 11) is -1.14. The lowest BCUT2D eigenvalue weighted by Gasteiger charge is -2.15. The predicted octanol–water partition coefficient (Wildman–Crippen LogP) is 3.12. The van der Waals surface area contributed by atoms with Crippen LogP contribution in [-0.4, -0.2) is 32.9 Å². The van der Waals surface area contributed by atoms with Gasteiger partial charge in [-0.15, -0.1) is 10.2 Å². The van der Waals surface area contributed by atoms with Gasteiger partial charge in [-0.1, -0.05) is 32.9 Å². The second kappa shape index (κ2) is 8.37. The van der Waals surface area contributed by atoms with Crippen LogP contribution in [0.3, 0.4) is 0 Å². The van der Waals surface area contributed by atoms with E-state index in [1.165, 1.54) is 40.6 Å². The van der Waals surface area contributed by atoms with Gasteiger partial charge in [0.2, 0.25) is 0 Å². The minimum atomic E-state index is -4.19. The Kier molecular flexibility index (Phi) is 5.94. The maximum atomic E-state index is 13.0. The Morgan fingerprint density at radius 1 is 1.12 bits per heavy atom. The smallest absolute Gasteiger partial charge is 0.266 e. The van der Waals surface area contributed by atoms with Crippen LogP contribution in [0, 0.1) is 22.7 Å². The number of imidazole rings is 1. The summed E-state index contributed by atoms with van der Waals surface area (Å²) in [6, 6.07) is 9.23. The van der Waals surface area contributed by atoms with E-state index in [1.54, 1.807) is 7.05 Å². The van der Waals surface area contributed by atoms with E-state index in [1.807, 2.05) is 32.9 Å². The normalized spacial score (nSPS) is 12.0. The van der Waals surface area contributed by atoms with Gasteiger partial charge in [-0.25, -0.2) is 13.1 Å². The number of sulfonamides is 1. The van der Waals surface area contributed by atoms with Crippen LogP contribution in [0.5, 0.6) is 5.75 Å². The van der Waals surface area contributed by atoms with Crippen molar-refractivity contribution in [1.29, 1.82) is 10.5 Å². The van der Waals surface area contributed by atoms with Gasteiger partial charge < -0.3 is 9.67 Å². The number of phenolic OH excluding ortho intramolecular Hbond substituents is 1. The van der Waals surface area contributed by atoms with Crippen LogP contribution < -0.4 is 4.72 Å². The van der Waals surface area contributed by atoms with Crippen molar-refractivity contribution in [3.05, 3.63) is 41.3 Å². The Bertz CT molecular complexity index is 1450. The fourth-order valence-corrected chi connectivity index (χ4v) is 4.16. The molecule has 2 N–H and O–H groups in total. The van der Waals surface area contributed by atoms with Gasteiger partial charge in [0, 0.05) is 19.5 Å². The Morgan fingerprint density at radius 2 is 1.79 bits per heavy atom. The largest absolute Gasteiger partial charge is 0.507 e. The van der Waals surface area contributed by atoms with Gasteiger partial charge in [0.05, 0.1) is 5.69 Å². The second-order valence-corrected chi connectivity index (χ2v) is 9.74. The molecule has 0 aliphatic carbocycles. The number of phenols is 1. The summed E-state index contributed by atoms with van der Waals surface area (Å²) in [6.45, 7) is 5.62.